The van der Waals surface area contributed by atoms with Crippen molar-refractivity contribution in [3.8, 4) is 0 Å². The topological polar surface area (TPSA) is 3.24 Å². The molecule has 0 bridgehead atoms. The Hall–Kier alpha value is -3.32. The highest BCUT2D eigenvalue weighted by atomic mass is 15.2. The van der Waals surface area contributed by atoms with Crippen LogP contribution in [0.15, 0.2) is 97.1 Å². The fraction of sp³-hybridized carbons (Fsp3) is 0.143. The number of allylic oxidation sites excluding steroid dienone is 5. The molecule has 1 heteroatoms. The molecule has 0 aromatic heterocycles. The van der Waals surface area contributed by atoms with Crippen molar-refractivity contribution >= 4 is 22.6 Å². The van der Waals surface area contributed by atoms with E-state index in [1.807, 2.05) is 0 Å². The molecule has 29 heavy (non-hydrogen) atoms. The fourth-order valence-electron chi connectivity index (χ4n) is 4.42. The molecule has 5 rings (SSSR count). The molecule has 3 aromatic carbocycles. The molecular formula is C28H25N. The van der Waals surface area contributed by atoms with E-state index in [9.17, 15) is 0 Å². The summed E-state index contributed by atoms with van der Waals surface area (Å²) in [5.74, 6) is 0.419. The largest absolute Gasteiger partial charge is 0.310 e. The number of rotatable bonds is 3. The second-order valence-corrected chi connectivity index (χ2v) is 8.00. The first-order valence-electron chi connectivity index (χ1n) is 10.3. The van der Waals surface area contributed by atoms with Gasteiger partial charge in [0.05, 0.1) is 5.70 Å². The minimum Gasteiger partial charge on any atom is -0.310 e. The monoisotopic (exact) mass is 375 g/mol. The van der Waals surface area contributed by atoms with E-state index in [0.717, 1.165) is 6.42 Å². The van der Waals surface area contributed by atoms with E-state index in [-0.39, 0.29) is 0 Å². The van der Waals surface area contributed by atoms with Gasteiger partial charge in [0, 0.05) is 22.9 Å². The molecule has 0 heterocycles. The van der Waals surface area contributed by atoms with Gasteiger partial charge in [0.1, 0.15) is 0 Å². The van der Waals surface area contributed by atoms with Gasteiger partial charge >= 0.3 is 0 Å². The van der Waals surface area contributed by atoms with Gasteiger partial charge in [-0.15, -0.1) is 0 Å². The molecule has 0 spiro atoms. The van der Waals surface area contributed by atoms with Crippen LogP contribution < -0.4 is 4.90 Å². The fourth-order valence-corrected chi connectivity index (χ4v) is 4.42. The van der Waals surface area contributed by atoms with E-state index in [4.69, 9.17) is 0 Å². The summed E-state index contributed by atoms with van der Waals surface area (Å²) < 4.78 is 0. The first-order chi connectivity index (χ1) is 14.2. The molecule has 1 atom stereocenters. The quantitative estimate of drug-likeness (QED) is 0.459. The van der Waals surface area contributed by atoms with Crippen molar-refractivity contribution in [3.05, 3.63) is 119 Å². The summed E-state index contributed by atoms with van der Waals surface area (Å²) in [5.41, 5.74) is 10.3. The molecule has 0 N–H and O–H groups in total. The summed E-state index contributed by atoms with van der Waals surface area (Å²) >= 11 is 0. The third-order valence-electron chi connectivity index (χ3n) is 5.87. The highest BCUT2D eigenvalue weighted by Gasteiger charge is 2.28. The van der Waals surface area contributed by atoms with E-state index in [0.29, 0.717) is 5.92 Å². The molecule has 0 saturated heterocycles. The maximum atomic E-state index is 2.46. The highest BCUT2D eigenvalue weighted by molar-refractivity contribution is 5.96. The maximum Gasteiger partial charge on any atom is 0.0506 e. The van der Waals surface area contributed by atoms with E-state index in [2.05, 4.69) is 116 Å². The first-order valence-corrected chi connectivity index (χ1v) is 10.3. The molecule has 142 valence electrons. The minimum atomic E-state index is 0.419. The van der Waals surface area contributed by atoms with Crippen LogP contribution in [-0.2, 0) is 0 Å². The lowest BCUT2D eigenvalue weighted by molar-refractivity contribution is 0.835. The number of benzene rings is 3. The van der Waals surface area contributed by atoms with Gasteiger partial charge in [0.15, 0.2) is 0 Å². The van der Waals surface area contributed by atoms with Crippen LogP contribution in [0.2, 0.25) is 0 Å². The number of aryl methyl sites for hydroxylation is 2. The molecular weight excluding hydrogens is 350 g/mol. The van der Waals surface area contributed by atoms with Crippen LogP contribution in [-0.4, -0.2) is 0 Å². The number of nitrogens with zero attached hydrogens (tertiary/aromatic N) is 1. The number of hydrogen-bond acceptors (Lipinski definition) is 1. The number of fused-ring (bicyclic) bond motifs is 3. The maximum absolute atomic E-state index is 2.46. The Bertz CT molecular complexity index is 1140. The zero-order valence-electron chi connectivity index (χ0n) is 17.0. The standard InChI is InChI=1S/C28H25N/c1-20-14-16-23(17-15-20)29(24-10-7-8-21(2)18-24)28-19-22-9-3-4-11-25(22)26-12-5-6-13-27(26)28/h3-8,10-19,22H,9H2,1-2H3. The highest BCUT2D eigenvalue weighted by Crippen LogP contribution is 2.45. The van der Waals surface area contributed by atoms with Crippen molar-refractivity contribution in [2.24, 2.45) is 5.92 Å². The van der Waals surface area contributed by atoms with Crippen molar-refractivity contribution < 1.29 is 0 Å². The molecule has 1 unspecified atom stereocenters. The Balaban J connectivity index is 1.74. The van der Waals surface area contributed by atoms with Gasteiger partial charge in [0.2, 0.25) is 0 Å². The van der Waals surface area contributed by atoms with E-state index >= 15 is 0 Å². The zero-order valence-corrected chi connectivity index (χ0v) is 17.0. The minimum absolute atomic E-state index is 0.419. The van der Waals surface area contributed by atoms with Gasteiger partial charge in [-0.1, -0.05) is 78.4 Å². The lowest BCUT2D eigenvalue weighted by atomic mass is 9.78. The average molecular weight is 376 g/mol. The summed E-state index contributed by atoms with van der Waals surface area (Å²) in [7, 11) is 0. The van der Waals surface area contributed by atoms with Crippen LogP contribution in [0.25, 0.3) is 11.3 Å². The Kier molecular flexibility index (Phi) is 4.44. The second kappa shape index (κ2) is 7.25. The molecule has 2 aliphatic carbocycles. The summed E-state index contributed by atoms with van der Waals surface area (Å²) in [4.78, 5) is 2.42. The average Bonchev–Trinajstić information content (AvgIpc) is 2.75. The van der Waals surface area contributed by atoms with Gasteiger partial charge in [-0.3, -0.25) is 0 Å². The van der Waals surface area contributed by atoms with Crippen molar-refractivity contribution in [2.75, 3.05) is 4.90 Å². The van der Waals surface area contributed by atoms with Crippen LogP contribution in [0, 0.1) is 19.8 Å². The molecule has 2 aliphatic rings. The smallest absolute Gasteiger partial charge is 0.0506 e. The van der Waals surface area contributed by atoms with Gasteiger partial charge in [-0.25, -0.2) is 0 Å². The van der Waals surface area contributed by atoms with E-state index < -0.39 is 0 Å². The number of anilines is 2. The van der Waals surface area contributed by atoms with Crippen molar-refractivity contribution in [1.82, 2.24) is 0 Å². The van der Waals surface area contributed by atoms with Crippen LogP contribution in [0.3, 0.4) is 0 Å². The van der Waals surface area contributed by atoms with Crippen molar-refractivity contribution in [1.29, 1.82) is 0 Å². The van der Waals surface area contributed by atoms with E-state index in [1.165, 1.54) is 44.9 Å². The summed E-state index contributed by atoms with van der Waals surface area (Å²) in [6.45, 7) is 4.30. The lowest BCUT2D eigenvalue weighted by Crippen LogP contribution is -2.21. The first kappa shape index (κ1) is 17.8. The molecule has 0 amide bonds. The van der Waals surface area contributed by atoms with E-state index in [1.54, 1.807) is 0 Å². The molecule has 0 radical (unpaired) electrons. The Morgan fingerprint density at radius 2 is 1.55 bits per heavy atom. The molecule has 0 fully saturated rings. The molecule has 0 aliphatic heterocycles. The van der Waals surface area contributed by atoms with Crippen LogP contribution in [0.4, 0.5) is 11.4 Å². The molecule has 0 saturated carbocycles. The normalized spacial score (nSPS) is 17.1. The predicted octanol–water partition coefficient (Wildman–Crippen LogP) is 7.46. The third-order valence-corrected chi connectivity index (χ3v) is 5.87. The van der Waals surface area contributed by atoms with Crippen LogP contribution >= 0.6 is 0 Å². The summed E-state index contributed by atoms with van der Waals surface area (Å²) in [5, 5.41) is 0. The molecule has 3 aromatic rings. The Morgan fingerprint density at radius 1 is 0.759 bits per heavy atom. The van der Waals surface area contributed by atoms with Crippen LogP contribution in [0.1, 0.15) is 28.7 Å². The summed E-state index contributed by atoms with van der Waals surface area (Å²) in [6, 6.07) is 26.5. The predicted molar refractivity (Wildman–Crippen MR) is 124 cm³/mol. The molecule has 1 nitrogen and oxygen atoms in total. The van der Waals surface area contributed by atoms with Crippen molar-refractivity contribution in [2.45, 2.75) is 20.3 Å². The van der Waals surface area contributed by atoms with Gasteiger partial charge in [0.25, 0.3) is 0 Å². The van der Waals surface area contributed by atoms with Gasteiger partial charge in [-0.05, 0) is 61.2 Å². The summed E-state index contributed by atoms with van der Waals surface area (Å²) in [6.07, 6.45) is 10.3. The SMILES string of the molecule is Cc1ccc(N(C2=CC3CC=CC=C3c3ccccc32)c2cccc(C)c2)cc1. The third kappa shape index (κ3) is 3.23. The number of hydrogen-bond donors (Lipinski definition) is 0. The zero-order chi connectivity index (χ0) is 19.8. The Morgan fingerprint density at radius 3 is 2.34 bits per heavy atom. The second-order valence-electron chi connectivity index (χ2n) is 8.00. The van der Waals surface area contributed by atoms with Crippen molar-refractivity contribution in [3.63, 3.8) is 0 Å². The Labute approximate surface area is 173 Å². The van der Waals surface area contributed by atoms with Gasteiger partial charge in [-0.2, -0.15) is 0 Å². The van der Waals surface area contributed by atoms with Crippen LogP contribution in [0.5, 0.6) is 0 Å². The lowest BCUT2D eigenvalue weighted by Gasteiger charge is -2.35. The van der Waals surface area contributed by atoms with Gasteiger partial charge < -0.3 is 4.90 Å².